The monoisotopic (exact) mass is 260 g/mol. The predicted octanol–water partition coefficient (Wildman–Crippen LogP) is 3.68. The molecule has 0 spiro atoms. The molecule has 0 atom stereocenters. The Bertz CT molecular complexity index is 439. The van der Waals surface area contributed by atoms with Gasteiger partial charge < -0.3 is 14.6 Å². The summed E-state index contributed by atoms with van der Waals surface area (Å²) in [5.41, 5.74) is 2.40. The van der Waals surface area contributed by atoms with E-state index >= 15 is 0 Å². The molecule has 0 fully saturated rings. The molecule has 0 amide bonds. The number of benzene rings is 2. The average molecular weight is 260 g/mol. The minimum absolute atomic E-state index is 0.309. The first-order valence-electron chi connectivity index (χ1n) is 6.06. The van der Waals surface area contributed by atoms with E-state index in [1.807, 2.05) is 50.2 Å². The summed E-state index contributed by atoms with van der Waals surface area (Å²) in [5, 5.41) is 8.76. The summed E-state index contributed by atoms with van der Waals surface area (Å²) in [6.45, 7) is 4.34. The lowest BCUT2D eigenvalue weighted by molar-refractivity contribution is 0.0511. The lowest BCUT2D eigenvalue weighted by Gasteiger charge is -2.03. The van der Waals surface area contributed by atoms with E-state index in [4.69, 9.17) is 14.6 Å². The first-order valence-corrected chi connectivity index (χ1v) is 6.06. The molecule has 3 nitrogen and oxygen atoms in total. The zero-order valence-electron chi connectivity index (χ0n) is 11.6. The number of phenolic OH excluding ortho intramolecular Hbond substituents is 1. The van der Waals surface area contributed by atoms with Crippen molar-refractivity contribution >= 4 is 0 Å². The molecule has 0 aliphatic heterocycles. The molecule has 0 unspecified atom stereocenters. The smallest absolute Gasteiger partial charge is 0.188 e. The van der Waals surface area contributed by atoms with Gasteiger partial charge in [0.15, 0.2) is 6.79 Å². The van der Waals surface area contributed by atoms with Gasteiger partial charge in [0, 0.05) is 7.11 Å². The highest BCUT2D eigenvalue weighted by Crippen LogP contribution is 2.10. The van der Waals surface area contributed by atoms with E-state index in [0.29, 0.717) is 12.5 Å². The molecule has 3 heteroatoms. The molecule has 0 aromatic heterocycles. The third kappa shape index (κ3) is 6.48. The van der Waals surface area contributed by atoms with Crippen molar-refractivity contribution in [2.45, 2.75) is 13.8 Å². The highest BCUT2D eigenvalue weighted by molar-refractivity contribution is 5.26. The van der Waals surface area contributed by atoms with Crippen LogP contribution in [0.2, 0.25) is 0 Å². The van der Waals surface area contributed by atoms with Crippen molar-refractivity contribution in [2.24, 2.45) is 0 Å². The van der Waals surface area contributed by atoms with Crippen molar-refractivity contribution in [3.63, 3.8) is 0 Å². The molecule has 0 saturated carbocycles. The van der Waals surface area contributed by atoms with Gasteiger partial charge in [-0.05, 0) is 38.1 Å². The van der Waals surface area contributed by atoms with E-state index in [1.54, 1.807) is 19.2 Å². The third-order valence-electron chi connectivity index (χ3n) is 2.40. The SMILES string of the molecule is COCOc1ccc(C)cc1.Cc1ccc(O)cc1. The van der Waals surface area contributed by atoms with Crippen molar-refractivity contribution in [3.8, 4) is 11.5 Å². The van der Waals surface area contributed by atoms with E-state index in [9.17, 15) is 0 Å². The second-order valence-corrected chi connectivity index (χ2v) is 4.20. The Balaban J connectivity index is 0.000000200. The molecule has 0 bridgehead atoms. The van der Waals surface area contributed by atoms with E-state index in [1.165, 1.54) is 11.1 Å². The Labute approximate surface area is 114 Å². The Morgan fingerprint density at radius 3 is 1.74 bits per heavy atom. The molecule has 0 radical (unpaired) electrons. The molecule has 2 aromatic carbocycles. The Kier molecular flexibility index (Phi) is 6.47. The molecule has 102 valence electrons. The van der Waals surface area contributed by atoms with Gasteiger partial charge >= 0.3 is 0 Å². The lowest BCUT2D eigenvalue weighted by Crippen LogP contribution is -1.98. The fourth-order valence-corrected chi connectivity index (χ4v) is 1.31. The highest BCUT2D eigenvalue weighted by atomic mass is 16.7. The lowest BCUT2D eigenvalue weighted by atomic mass is 10.2. The van der Waals surface area contributed by atoms with Gasteiger partial charge in [-0.25, -0.2) is 0 Å². The van der Waals surface area contributed by atoms with Gasteiger partial charge in [-0.3, -0.25) is 0 Å². The van der Waals surface area contributed by atoms with Crippen LogP contribution < -0.4 is 4.74 Å². The molecule has 0 aliphatic carbocycles. The van der Waals surface area contributed by atoms with Crippen LogP contribution in [0.3, 0.4) is 0 Å². The number of aryl methyl sites for hydroxylation is 2. The van der Waals surface area contributed by atoms with Gasteiger partial charge in [-0.2, -0.15) is 0 Å². The maximum absolute atomic E-state index is 8.76. The zero-order chi connectivity index (χ0) is 14.1. The minimum Gasteiger partial charge on any atom is -0.508 e. The van der Waals surface area contributed by atoms with Gasteiger partial charge in [-0.15, -0.1) is 0 Å². The Hall–Kier alpha value is -2.00. The summed E-state index contributed by atoms with van der Waals surface area (Å²) in [4.78, 5) is 0. The number of hydrogen-bond acceptors (Lipinski definition) is 3. The third-order valence-corrected chi connectivity index (χ3v) is 2.40. The van der Waals surface area contributed by atoms with Gasteiger partial charge in [0.25, 0.3) is 0 Å². The first kappa shape index (κ1) is 15.1. The van der Waals surface area contributed by atoms with Crippen molar-refractivity contribution in [1.82, 2.24) is 0 Å². The van der Waals surface area contributed by atoms with Crippen LogP contribution in [0.5, 0.6) is 11.5 Å². The molecule has 1 N–H and O–H groups in total. The number of hydrogen-bond donors (Lipinski definition) is 1. The topological polar surface area (TPSA) is 38.7 Å². The summed E-state index contributed by atoms with van der Waals surface area (Å²) < 4.78 is 9.94. The van der Waals surface area contributed by atoms with Gasteiger partial charge in [0.05, 0.1) is 0 Å². The molecule has 2 aromatic rings. The number of methoxy groups -OCH3 is 1. The molecule has 2 rings (SSSR count). The van der Waals surface area contributed by atoms with Crippen LogP contribution in [0.25, 0.3) is 0 Å². The Morgan fingerprint density at radius 1 is 0.842 bits per heavy atom. The number of aromatic hydroxyl groups is 1. The van der Waals surface area contributed by atoms with Crippen LogP contribution >= 0.6 is 0 Å². The van der Waals surface area contributed by atoms with E-state index in [-0.39, 0.29) is 0 Å². The van der Waals surface area contributed by atoms with Crippen LogP contribution in [0, 0.1) is 13.8 Å². The summed E-state index contributed by atoms with van der Waals surface area (Å²) in [7, 11) is 1.61. The van der Waals surface area contributed by atoms with Gasteiger partial charge in [0.1, 0.15) is 11.5 Å². The minimum atomic E-state index is 0.309. The average Bonchev–Trinajstić information content (AvgIpc) is 2.42. The summed E-state index contributed by atoms with van der Waals surface area (Å²) in [6, 6.07) is 15.0. The number of phenols is 1. The van der Waals surface area contributed by atoms with E-state index < -0.39 is 0 Å². The number of rotatable bonds is 3. The summed E-state index contributed by atoms with van der Waals surface area (Å²) in [6.07, 6.45) is 0. The van der Waals surface area contributed by atoms with Crippen LogP contribution in [0.4, 0.5) is 0 Å². The molecule has 19 heavy (non-hydrogen) atoms. The zero-order valence-corrected chi connectivity index (χ0v) is 11.6. The molecule has 0 heterocycles. The normalized spacial score (nSPS) is 9.42. The number of ether oxygens (including phenoxy) is 2. The summed E-state index contributed by atoms with van der Waals surface area (Å²) >= 11 is 0. The van der Waals surface area contributed by atoms with Crippen molar-refractivity contribution < 1.29 is 14.6 Å². The second kappa shape index (κ2) is 8.16. The van der Waals surface area contributed by atoms with Crippen LogP contribution in [-0.2, 0) is 4.74 Å². The first-order chi connectivity index (χ1) is 9.11. The van der Waals surface area contributed by atoms with Crippen LogP contribution in [0.1, 0.15) is 11.1 Å². The fourth-order valence-electron chi connectivity index (χ4n) is 1.31. The van der Waals surface area contributed by atoms with Gasteiger partial charge in [0.2, 0.25) is 0 Å². The van der Waals surface area contributed by atoms with E-state index in [0.717, 1.165) is 5.75 Å². The maximum atomic E-state index is 8.76. The molecule has 0 saturated heterocycles. The molecular weight excluding hydrogens is 240 g/mol. The van der Waals surface area contributed by atoms with Crippen molar-refractivity contribution in [1.29, 1.82) is 0 Å². The van der Waals surface area contributed by atoms with Crippen LogP contribution in [-0.4, -0.2) is 19.0 Å². The Morgan fingerprint density at radius 2 is 1.32 bits per heavy atom. The molecule has 0 aliphatic rings. The second-order valence-electron chi connectivity index (χ2n) is 4.20. The standard InChI is InChI=1S/C9H12O2.C7H8O/c1-8-3-5-9(6-4-8)11-7-10-2;1-6-2-4-7(8)5-3-6/h3-6H,7H2,1-2H3;2-5,8H,1H3. The fraction of sp³-hybridized carbons (Fsp3) is 0.250. The predicted molar refractivity (Wildman–Crippen MR) is 76.5 cm³/mol. The van der Waals surface area contributed by atoms with Crippen molar-refractivity contribution in [2.75, 3.05) is 13.9 Å². The van der Waals surface area contributed by atoms with Crippen LogP contribution in [0.15, 0.2) is 48.5 Å². The molecular formula is C16H20O3. The quantitative estimate of drug-likeness (QED) is 0.856. The van der Waals surface area contributed by atoms with E-state index in [2.05, 4.69) is 0 Å². The highest BCUT2D eigenvalue weighted by Gasteiger charge is 1.89. The van der Waals surface area contributed by atoms with Gasteiger partial charge in [-0.1, -0.05) is 35.4 Å². The largest absolute Gasteiger partial charge is 0.508 e. The van der Waals surface area contributed by atoms with Crippen molar-refractivity contribution in [3.05, 3.63) is 59.7 Å². The summed E-state index contributed by atoms with van der Waals surface area (Å²) in [5.74, 6) is 1.17. The maximum Gasteiger partial charge on any atom is 0.188 e.